The minimum absolute atomic E-state index is 0.716. The predicted octanol–water partition coefficient (Wildman–Crippen LogP) is 15.8. The number of anilines is 2. The molecule has 0 fully saturated rings. The number of benzene rings is 11. The van der Waals surface area contributed by atoms with Crippen LogP contribution in [0, 0.1) is 0 Å². The van der Waals surface area contributed by atoms with Gasteiger partial charge in [0.1, 0.15) is 0 Å². The van der Waals surface area contributed by atoms with Crippen molar-refractivity contribution in [1.29, 1.82) is 0 Å². The number of hydrogen-bond acceptors (Lipinski definition) is 1. The zero-order valence-electron chi connectivity index (χ0n) is 32.0. The van der Waals surface area contributed by atoms with E-state index in [1.54, 1.807) is 0 Å². The lowest BCUT2D eigenvalue weighted by molar-refractivity contribution is 0.977. The maximum atomic E-state index is 2.46. The quantitative estimate of drug-likeness (QED) is 0.147. The lowest BCUT2D eigenvalue weighted by Gasteiger charge is -2.27. The Morgan fingerprint density at radius 2 is 0.741 bits per heavy atom. The Morgan fingerprint density at radius 1 is 0.276 bits per heavy atom. The van der Waals surface area contributed by atoms with Gasteiger partial charge in [-0.3, -0.25) is 0 Å². The van der Waals surface area contributed by atoms with Gasteiger partial charge in [-0.25, -0.2) is 0 Å². The van der Waals surface area contributed by atoms with E-state index in [0.717, 1.165) is 11.4 Å². The first-order valence-corrected chi connectivity index (χ1v) is 20.1. The monoisotopic (exact) mass is 737 g/mol. The fraction of sp³-hybridized carbons (Fsp3) is 0.0175. The van der Waals surface area contributed by atoms with Crippen LogP contribution in [-0.2, 0) is 6.54 Å². The minimum Gasteiger partial charge on any atom is -0.337 e. The number of rotatable bonds is 7. The van der Waals surface area contributed by atoms with Crippen LogP contribution >= 0.6 is 0 Å². The molecule has 0 heterocycles. The van der Waals surface area contributed by atoms with E-state index in [2.05, 4.69) is 229 Å². The summed E-state index contributed by atoms with van der Waals surface area (Å²) in [5.41, 5.74) is 11.0. The summed E-state index contributed by atoms with van der Waals surface area (Å²) in [5.74, 6) is 0. The van der Waals surface area contributed by atoms with Crippen LogP contribution in [0.5, 0.6) is 0 Å². The summed E-state index contributed by atoms with van der Waals surface area (Å²) in [6.07, 6.45) is 0. The molecule has 58 heavy (non-hydrogen) atoms. The zero-order chi connectivity index (χ0) is 38.4. The Labute approximate surface area is 338 Å². The van der Waals surface area contributed by atoms with E-state index in [1.165, 1.54) is 92.8 Å². The van der Waals surface area contributed by atoms with Crippen molar-refractivity contribution in [3.05, 3.63) is 230 Å². The predicted molar refractivity (Wildman–Crippen MR) is 249 cm³/mol. The third-order valence-corrected chi connectivity index (χ3v) is 11.9. The SMILES string of the molecule is c1ccc(-c2ccccc2CN(c2ccc(-c3cc4ccccc4c4ccccc34)cc2)c2ccc(-c3cc4ccccc4c4c3ccc3ccccc34)cc2)cc1. The molecule has 0 bridgehead atoms. The normalized spacial score (nSPS) is 11.5. The average Bonchev–Trinajstić information content (AvgIpc) is 3.30. The Bertz CT molecular complexity index is 3270. The van der Waals surface area contributed by atoms with Crippen molar-refractivity contribution in [2.75, 3.05) is 4.90 Å². The largest absolute Gasteiger partial charge is 0.337 e. The van der Waals surface area contributed by atoms with Crippen molar-refractivity contribution < 1.29 is 0 Å². The molecule has 11 aromatic carbocycles. The van der Waals surface area contributed by atoms with Crippen LogP contribution in [0.3, 0.4) is 0 Å². The van der Waals surface area contributed by atoms with E-state index >= 15 is 0 Å². The Hall–Kier alpha value is -7.48. The van der Waals surface area contributed by atoms with Crippen LogP contribution in [0.15, 0.2) is 224 Å². The van der Waals surface area contributed by atoms with Gasteiger partial charge >= 0.3 is 0 Å². The summed E-state index contributed by atoms with van der Waals surface area (Å²) in [5, 5.41) is 12.8. The fourth-order valence-electron chi connectivity index (χ4n) is 9.10. The van der Waals surface area contributed by atoms with Crippen molar-refractivity contribution in [3.63, 3.8) is 0 Å². The van der Waals surface area contributed by atoms with Crippen LogP contribution in [0.25, 0.3) is 87.2 Å². The molecule has 0 aromatic heterocycles. The first-order valence-electron chi connectivity index (χ1n) is 20.1. The smallest absolute Gasteiger partial charge is 0.0487 e. The van der Waals surface area contributed by atoms with E-state index in [1.807, 2.05) is 0 Å². The van der Waals surface area contributed by atoms with Gasteiger partial charge in [0, 0.05) is 17.9 Å². The molecule has 0 saturated heterocycles. The van der Waals surface area contributed by atoms with Crippen molar-refractivity contribution >= 4 is 65.2 Å². The third kappa shape index (κ3) is 5.88. The van der Waals surface area contributed by atoms with E-state index in [9.17, 15) is 0 Å². The molecule has 11 aromatic rings. The van der Waals surface area contributed by atoms with Crippen molar-refractivity contribution in [1.82, 2.24) is 0 Å². The summed E-state index contributed by atoms with van der Waals surface area (Å²) in [7, 11) is 0. The number of fused-ring (bicyclic) bond motifs is 8. The lowest BCUT2D eigenvalue weighted by Crippen LogP contribution is -2.17. The maximum absolute atomic E-state index is 2.46. The molecular formula is C57H39N. The van der Waals surface area contributed by atoms with E-state index in [0.29, 0.717) is 6.54 Å². The van der Waals surface area contributed by atoms with Gasteiger partial charge in [-0.05, 0) is 129 Å². The number of hydrogen-bond donors (Lipinski definition) is 0. The van der Waals surface area contributed by atoms with Crippen molar-refractivity contribution in [2.24, 2.45) is 0 Å². The molecular weight excluding hydrogens is 699 g/mol. The minimum atomic E-state index is 0.716. The molecule has 272 valence electrons. The van der Waals surface area contributed by atoms with Crippen LogP contribution in [-0.4, -0.2) is 0 Å². The summed E-state index contributed by atoms with van der Waals surface area (Å²) in [6, 6.07) is 82.3. The molecule has 1 nitrogen and oxygen atoms in total. The second-order valence-electron chi connectivity index (χ2n) is 15.2. The molecule has 0 N–H and O–H groups in total. The highest BCUT2D eigenvalue weighted by Gasteiger charge is 2.17. The summed E-state index contributed by atoms with van der Waals surface area (Å²) < 4.78 is 0. The molecule has 0 aliphatic heterocycles. The van der Waals surface area contributed by atoms with Gasteiger partial charge < -0.3 is 4.90 Å². The van der Waals surface area contributed by atoms with Gasteiger partial charge in [0.15, 0.2) is 0 Å². The lowest BCUT2D eigenvalue weighted by atomic mass is 9.90. The standard InChI is InChI=1S/C57H39N/c1-2-14-39(15-3-1)48-20-8-7-19-45(48)38-58(46-31-26-41(27-32-46)55-36-43-17-5-9-21-49(43)52-24-12-13-25-53(52)55)47-33-28-42(29-34-47)56-37-44-18-6-11-23-51(44)57-50-22-10-4-16-40(50)30-35-54(56)57/h1-37H,38H2. The highest BCUT2D eigenvalue weighted by molar-refractivity contribution is 6.24. The third-order valence-electron chi connectivity index (χ3n) is 11.9. The average molecular weight is 738 g/mol. The second kappa shape index (κ2) is 14.2. The van der Waals surface area contributed by atoms with Gasteiger partial charge in [0.25, 0.3) is 0 Å². The van der Waals surface area contributed by atoms with Gasteiger partial charge in [-0.15, -0.1) is 0 Å². The van der Waals surface area contributed by atoms with Crippen LogP contribution < -0.4 is 4.90 Å². The fourth-order valence-corrected chi connectivity index (χ4v) is 9.10. The molecule has 0 spiro atoms. The summed E-state index contributed by atoms with van der Waals surface area (Å²) in [6.45, 7) is 0.716. The Kier molecular flexibility index (Phi) is 8.30. The highest BCUT2D eigenvalue weighted by atomic mass is 15.1. The van der Waals surface area contributed by atoms with Gasteiger partial charge in [0.05, 0.1) is 0 Å². The molecule has 1 heteroatoms. The van der Waals surface area contributed by atoms with E-state index in [-0.39, 0.29) is 0 Å². The molecule has 0 amide bonds. The molecule has 11 rings (SSSR count). The van der Waals surface area contributed by atoms with E-state index in [4.69, 9.17) is 0 Å². The van der Waals surface area contributed by atoms with Gasteiger partial charge in [-0.1, -0.05) is 188 Å². The number of nitrogens with zero attached hydrogens (tertiary/aromatic N) is 1. The Morgan fingerprint density at radius 3 is 1.41 bits per heavy atom. The first-order chi connectivity index (χ1) is 28.8. The first kappa shape index (κ1) is 33.8. The molecule has 0 atom stereocenters. The molecule has 0 saturated carbocycles. The molecule has 0 unspecified atom stereocenters. The van der Waals surface area contributed by atoms with Crippen LogP contribution in [0.1, 0.15) is 5.56 Å². The van der Waals surface area contributed by atoms with Crippen molar-refractivity contribution in [3.8, 4) is 33.4 Å². The Balaban J connectivity index is 1.03. The van der Waals surface area contributed by atoms with Crippen LogP contribution in [0.4, 0.5) is 11.4 Å². The van der Waals surface area contributed by atoms with Crippen molar-refractivity contribution in [2.45, 2.75) is 6.54 Å². The summed E-state index contributed by atoms with van der Waals surface area (Å²) in [4.78, 5) is 2.46. The molecule has 0 aliphatic rings. The molecule has 0 radical (unpaired) electrons. The topological polar surface area (TPSA) is 3.24 Å². The summed E-state index contributed by atoms with van der Waals surface area (Å²) >= 11 is 0. The van der Waals surface area contributed by atoms with E-state index < -0.39 is 0 Å². The van der Waals surface area contributed by atoms with Gasteiger partial charge in [0.2, 0.25) is 0 Å². The van der Waals surface area contributed by atoms with Crippen LogP contribution in [0.2, 0.25) is 0 Å². The second-order valence-corrected chi connectivity index (χ2v) is 15.2. The zero-order valence-corrected chi connectivity index (χ0v) is 32.0. The highest BCUT2D eigenvalue weighted by Crippen LogP contribution is 2.41. The maximum Gasteiger partial charge on any atom is 0.0487 e. The van der Waals surface area contributed by atoms with Gasteiger partial charge in [-0.2, -0.15) is 0 Å². The molecule has 0 aliphatic carbocycles.